The van der Waals surface area contributed by atoms with E-state index in [0.717, 1.165) is 12.8 Å². The number of nitrogens with zero attached hydrogens (tertiary/aromatic N) is 2. The first-order valence-corrected chi connectivity index (χ1v) is 8.92. The third-order valence-corrected chi connectivity index (χ3v) is 3.62. The Bertz CT molecular complexity index is 619. The zero-order chi connectivity index (χ0) is 18.5. The highest BCUT2D eigenvalue weighted by molar-refractivity contribution is 5.54. The number of unbranched alkanes of at least 4 members (excludes halogenated alkanes) is 2. The fraction of sp³-hybridized carbons (Fsp3) is 0.400. The van der Waals surface area contributed by atoms with Gasteiger partial charge in [-0.3, -0.25) is 0 Å². The molecule has 0 aromatic heterocycles. The maximum atomic E-state index is 8.83. The minimum atomic E-state index is 0.166. The quantitative estimate of drug-likeness (QED) is 0.435. The van der Waals surface area contributed by atoms with Gasteiger partial charge in [-0.15, -0.1) is 10.2 Å². The predicted octanol–water partition coefficient (Wildman–Crippen LogP) is 4.40. The second-order valence-corrected chi connectivity index (χ2v) is 5.69. The first kappa shape index (κ1) is 19.9. The molecule has 0 bridgehead atoms. The lowest BCUT2D eigenvalue weighted by atomic mass is 10.3. The first-order chi connectivity index (χ1) is 12.8. The highest BCUT2D eigenvalue weighted by Gasteiger charge is 2.05. The van der Waals surface area contributed by atoms with Crippen LogP contribution >= 0.6 is 0 Å². The summed E-state index contributed by atoms with van der Waals surface area (Å²) < 4.78 is 11.5. The van der Waals surface area contributed by atoms with Gasteiger partial charge in [0.15, 0.2) is 0 Å². The van der Waals surface area contributed by atoms with Crippen molar-refractivity contribution in [1.82, 2.24) is 0 Å². The van der Waals surface area contributed by atoms with Crippen molar-refractivity contribution in [1.29, 1.82) is 0 Å². The second kappa shape index (κ2) is 12.0. The molecular weight excluding hydrogens is 332 g/mol. The normalized spacial score (nSPS) is 11.0. The Morgan fingerprint density at radius 2 is 1.04 bits per heavy atom. The summed E-state index contributed by atoms with van der Waals surface area (Å²) in [6, 6.07) is 14.9. The molecule has 2 aromatic carbocycles. The largest absolute Gasteiger partial charge is 0.491 e. The van der Waals surface area contributed by atoms with Crippen molar-refractivity contribution >= 4 is 11.4 Å². The molecular formula is C20H26N2O4. The van der Waals surface area contributed by atoms with Gasteiger partial charge in [-0.25, -0.2) is 0 Å². The molecule has 0 atom stereocenters. The van der Waals surface area contributed by atoms with Gasteiger partial charge in [0.1, 0.15) is 22.9 Å². The van der Waals surface area contributed by atoms with Crippen molar-refractivity contribution in [2.75, 3.05) is 26.4 Å². The molecule has 2 aromatic rings. The fourth-order valence-corrected chi connectivity index (χ4v) is 2.22. The molecule has 0 spiro atoms. The van der Waals surface area contributed by atoms with Gasteiger partial charge < -0.3 is 19.7 Å². The topological polar surface area (TPSA) is 83.6 Å². The van der Waals surface area contributed by atoms with Crippen molar-refractivity contribution in [2.24, 2.45) is 10.2 Å². The Morgan fingerprint density at radius 1 is 0.615 bits per heavy atom. The fourth-order valence-electron chi connectivity index (χ4n) is 2.22. The summed E-state index contributed by atoms with van der Waals surface area (Å²) in [4.78, 5) is 0. The highest BCUT2D eigenvalue weighted by Crippen LogP contribution is 2.32. The van der Waals surface area contributed by atoms with Gasteiger partial charge in [0.2, 0.25) is 0 Å². The van der Waals surface area contributed by atoms with E-state index in [0.29, 0.717) is 48.9 Å². The van der Waals surface area contributed by atoms with Crippen LogP contribution in [0.25, 0.3) is 0 Å². The van der Waals surface area contributed by atoms with Gasteiger partial charge >= 0.3 is 0 Å². The summed E-state index contributed by atoms with van der Waals surface area (Å²) in [5, 5.41) is 26.3. The van der Waals surface area contributed by atoms with E-state index in [1.54, 1.807) is 0 Å². The lowest BCUT2D eigenvalue weighted by Gasteiger charge is -2.09. The van der Waals surface area contributed by atoms with Crippen molar-refractivity contribution in [3.8, 4) is 11.5 Å². The minimum Gasteiger partial charge on any atom is -0.491 e. The smallest absolute Gasteiger partial charge is 0.146 e. The molecule has 0 radical (unpaired) electrons. The van der Waals surface area contributed by atoms with Gasteiger partial charge in [0, 0.05) is 13.2 Å². The second-order valence-electron chi connectivity index (χ2n) is 5.69. The van der Waals surface area contributed by atoms with Crippen LogP contribution in [-0.2, 0) is 0 Å². The molecule has 0 aliphatic heterocycles. The van der Waals surface area contributed by atoms with Gasteiger partial charge in [-0.05, 0) is 49.9 Å². The van der Waals surface area contributed by atoms with Crippen LogP contribution in [0.3, 0.4) is 0 Å². The van der Waals surface area contributed by atoms with Crippen LogP contribution in [0.5, 0.6) is 11.5 Å². The Morgan fingerprint density at radius 3 is 1.46 bits per heavy atom. The van der Waals surface area contributed by atoms with Crippen molar-refractivity contribution in [2.45, 2.75) is 25.7 Å². The summed E-state index contributed by atoms with van der Waals surface area (Å²) >= 11 is 0. The molecule has 0 amide bonds. The van der Waals surface area contributed by atoms with E-state index in [2.05, 4.69) is 10.2 Å². The molecule has 2 N–H and O–H groups in total. The van der Waals surface area contributed by atoms with Gasteiger partial charge in [0.05, 0.1) is 13.2 Å². The maximum Gasteiger partial charge on any atom is 0.146 e. The van der Waals surface area contributed by atoms with Gasteiger partial charge in [0.25, 0.3) is 0 Å². The van der Waals surface area contributed by atoms with E-state index in [1.165, 1.54) is 0 Å². The Kier molecular flexibility index (Phi) is 9.18. The average molecular weight is 358 g/mol. The Labute approximate surface area is 154 Å². The predicted molar refractivity (Wildman–Crippen MR) is 101 cm³/mol. The molecule has 0 heterocycles. The number of hydrogen-bond donors (Lipinski definition) is 2. The van der Waals surface area contributed by atoms with Crippen LogP contribution in [0.15, 0.2) is 58.8 Å². The van der Waals surface area contributed by atoms with Crippen molar-refractivity contribution in [3.05, 3.63) is 48.5 Å². The molecule has 6 heteroatoms. The van der Waals surface area contributed by atoms with Gasteiger partial charge in [-0.1, -0.05) is 24.3 Å². The molecule has 0 saturated heterocycles. The number of ether oxygens (including phenoxy) is 2. The highest BCUT2D eigenvalue weighted by atomic mass is 16.5. The molecule has 0 aliphatic carbocycles. The Hall–Kier alpha value is -2.44. The van der Waals surface area contributed by atoms with Crippen LogP contribution in [0, 0.1) is 0 Å². The van der Waals surface area contributed by atoms with E-state index in [-0.39, 0.29) is 13.2 Å². The third kappa shape index (κ3) is 6.82. The first-order valence-electron chi connectivity index (χ1n) is 8.92. The van der Waals surface area contributed by atoms with Gasteiger partial charge in [-0.2, -0.15) is 0 Å². The molecule has 0 saturated carbocycles. The maximum absolute atomic E-state index is 8.83. The molecule has 140 valence electrons. The monoisotopic (exact) mass is 358 g/mol. The number of aliphatic hydroxyl groups excluding tert-OH is 2. The number of rotatable bonds is 12. The molecule has 0 aliphatic rings. The summed E-state index contributed by atoms with van der Waals surface area (Å²) in [5.74, 6) is 1.33. The third-order valence-electron chi connectivity index (χ3n) is 3.62. The summed E-state index contributed by atoms with van der Waals surface area (Å²) in [6.45, 7) is 1.38. The zero-order valence-electron chi connectivity index (χ0n) is 14.9. The standard InChI is InChI=1S/C20H26N2O4/c23-13-5-7-15-25-19-11-3-1-9-17(19)21-22-18-10-2-4-12-20(18)26-16-8-6-14-24/h1-4,9-12,23-24H,5-8,13-16H2. The SMILES string of the molecule is OCCCCOc1ccccc1N=Nc1ccccc1OCCCCO. The van der Waals surface area contributed by atoms with E-state index in [4.69, 9.17) is 19.7 Å². The number of para-hydroxylation sites is 2. The molecule has 6 nitrogen and oxygen atoms in total. The van der Waals surface area contributed by atoms with Crippen LogP contribution in [0.1, 0.15) is 25.7 Å². The van der Waals surface area contributed by atoms with E-state index >= 15 is 0 Å². The van der Waals surface area contributed by atoms with Crippen LogP contribution in [0.4, 0.5) is 11.4 Å². The molecule has 0 fully saturated rings. The number of aliphatic hydroxyl groups is 2. The van der Waals surface area contributed by atoms with Crippen LogP contribution in [0.2, 0.25) is 0 Å². The summed E-state index contributed by atoms with van der Waals surface area (Å²) in [5.41, 5.74) is 1.29. The minimum absolute atomic E-state index is 0.166. The number of hydrogen-bond acceptors (Lipinski definition) is 6. The number of benzene rings is 2. The number of azo groups is 1. The lowest BCUT2D eigenvalue weighted by Crippen LogP contribution is -1.99. The zero-order valence-corrected chi connectivity index (χ0v) is 14.9. The summed E-state index contributed by atoms with van der Waals surface area (Å²) in [7, 11) is 0. The Balaban J connectivity index is 2.03. The van der Waals surface area contributed by atoms with Crippen LogP contribution < -0.4 is 9.47 Å². The van der Waals surface area contributed by atoms with Crippen molar-refractivity contribution < 1.29 is 19.7 Å². The van der Waals surface area contributed by atoms with E-state index in [1.807, 2.05) is 48.5 Å². The van der Waals surface area contributed by atoms with E-state index < -0.39 is 0 Å². The molecule has 26 heavy (non-hydrogen) atoms. The van der Waals surface area contributed by atoms with E-state index in [9.17, 15) is 0 Å². The lowest BCUT2D eigenvalue weighted by molar-refractivity contribution is 0.253. The summed E-state index contributed by atoms with van der Waals surface area (Å²) in [6.07, 6.45) is 2.99. The average Bonchev–Trinajstić information content (AvgIpc) is 2.68. The molecule has 2 rings (SSSR count). The van der Waals surface area contributed by atoms with Crippen molar-refractivity contribution in [3.63, 3.8) is 0 Å². The van der Waals surface area contributed by atoms with Crippen LogP contribution in [-0.4, -0.2) is 36.6 Å². The molecule has 0 unspecified atom stereocenters.